The zero-order chi connectivity index (χ0) is 10.0. The topological polar surface area (TPSA) is 53.1 Å². The van der Waals surface area contributed by atoms with Crippen LogP contribution in [-0.4, -0.2) is 10.1 Å². The second-order valence-electron chi connectivity index (χ2n) is 2.32. The van der Waals surface area contributed by atoms with Crippen molar-refractivity contribution in [1.82, 2.24) is 4.98 Å². The van der Waals surface area contributed by atoms with Gasteiger partial charge in [0, 0.05) is 6.20 Å². The van der Waals surface area contributed by atoms with E-state index in [4.69, 9.17) is 5.11 Å². The second kappa shape index (κ2) is 3.97. The van der Waals surface area contributed by atoms with Crippen LogP contribution in [-0.2, 0) is 6.61 Å². The summed E-state index contributed by atoms with van der Waals surface area (Å²) in [4.78, 5) is 13.4. The van der Waals surface area contributed by atoms with Crippen molar-refractivity contribution in [3.8, 4) is 0 Å². The molecule has 0 amide bonds. The molecule has 0 atom stereocenters. The Bertz CT molecular complexity index is 364. The highest BCUT2D eigenvalue weighted by molar-refractivity contribution is 9.10. The van der Waals surface area contributed by atoms with Gasteiger partial charge in [-0.05, 0) is 15.9 Å². The van der Waals surface area contributed by atoms with E-state index < -0.39 is 24.2 Å². The molecule has 0 saturated heterocycles. The van der Waals surface area contributed by atoms with E-state index in [2.05, 4.69) is 20.9 Å². The van der Waals surface area contributed by atoms with Crippen LogP contribution in [0, 0.1) is 0 Å². The monoisotopic (exact) mass is 253 g/mol. The minimum atomic E-state index is -2.79. The predicted molar refractivity (Wildman–Crippen MR) is 45.6 cm³/mol. The smallest absolute Gasteiger partial charge is 0.278 e. The van der Waals surface area contributed by atoms with Crippen molar-refractivity contribution in [3.63, 3.8) is 0 Å². The molecule has 0 fully saturated rings. The fourth-order valence-corrected chi connectivity index (χ4v) is 1.27. The summed E-state index contributed by atoms with van der Waals surface area (Å²) in [7, 11) is 0. The fourth-order valence-electron chi connectivity index (χ4n) is 0.912. The highest BCUT2D eigenvalue weighted by Crippen LogP contribution is 2.19. The quantitative estimate of drug-likeness (QED) is 0.841. The molecule has 2 N–H and O–H groups in total. The van der Waals surface area contributed by atoms with Crippen molar-refractivity contribution in [2.75, 3.05) is 0 Å². The van der Waals surface area contributed by atoms with Crippen molar-refractivity contribution in [3.05, 3.63) is 32.2 Å². The van der Waals surface area contributed by atoms with Crippen molar-refractivity contribution in [1.29, 1.82) is 0 Å². The van der Waals surface area contributed by atoms with Crippen LogP contribution in [0.3, 0.4) is 0 Å². The lowest BCUT2D eigenvalue weighted by atomic mass is 10.2. The van der Waals surface area contributed by atoms with Crippen molar-refractivity contribution >= 4 is 15.9 Å². The summed E-state index contributed by atoms with van der Waals surface area (Å²) in [5.74, 6) is 0. The SMILES string of the molecule is O=c1c(Br)c[nH]c(C(F)F)c1CO. The van der Waals surface area contributed by atoms with Crippen LogP contribution in [0.15, 0.2) is 15.5 Å². The third-order valence-electron chi connectivity index (χ3n) is 1.55. The van der Waals surface area contributed by atoms with E-state index in [0.29, 0.717) is 0 Å². The fraction of sp³-hybridized carbons (Fsp3) is 0.286. The van der Waals surface area contributed by atoms with E-state index in [1.54, 1.807) is 0 Å². The zero-order valence-corrected chi connectivity index (χ0v) is 7.94. The minimum absolute atomic E-state index is 0.126. The van der Waals surface area contributed by atoms with E-state index in [-0.39, 0.29) is 10.0 Å². The van der Waals surface area contributed by atoms with Crippen LogP contribution >= 0.6 is 15.9 Å². The Balaban J connectivity index is 3.39. The summed E-state index contributed by atoms with van der Waals surface area (Å²) in [5.41, 5.74) is -1.45. The maximum Gasteiger partial charge on any atom is 0.278 e. The molecule has 0 aliphatic rings. The number of aliphatic hydroxyl groups excluding tert-OH is 1. The van der Waals surface area contributed by atoms with E-state index in [9.17, 15) is 13.6 Å². The summed E-state index contributed by atoms with van der Waals surface area (Å²) >= 11 is 2.87. The van der Waals surface area contributed by atoms with E-state index in [1.807, 2.05) is 0 Å². The van der Waals surface area contributed by atoms with E-state index in [0.717, 1.165) is 6.20 Å². The average molecular weight is 254 g/mol. The number of aromatic nitrogens is 1. The minimum Gasteiger partial charge on any atom is -0.391 e. The third-order valence-corrected chi connectivity index (χ3v) is 2.14. The number of pyridine rings is 1. The van der Waals surface area contributed by atoms with Crippen LogP contribution in [0.1, 0.15) is 17.7 Å². The Morgan fingerprint density at radius 2 is 2.23 bits per heavy atom. The first kappa shape index (κ1) is 10.3. The average Bonchev–Trinajstić information content (AvgIpc) is 2.09. The van der Waals surface area contributed by atoms with Crippen LogP contribution in [0.5, 0.6) is 0 Å². The van der Waals surface area contributed by atoms with Crippen LogP contribution in [0.2, 0.25) is 0 Å². The molecular formula is C7H6BrF2NO2. The van der Waals surface area contributed by atoms with Crippen LogP contribution < -0.4 is 5.43 Å². The Kier molecular flexibility index (Phi) is 3.16. The van der Waals surface area contributed by atoms with Gasteiger partial charge in [-0.1, -0.05) is 0 Å². The molecule has 1 heterocycles. The number of aromatic amines is 1. The number of rotatable bonds is 2. The first-order valence-corrected chi connectivity index (χ1v) is 4.16. The Morgan fingerprint density at radius 1 is 1.62 bits per heavy atom. The van der Waals surface area contributed by atoms with Crippen molar-refractivity contribution in [2.24, 2.45) is 0 Å². The van der Waals surface area contributed by atoms with Crippen LogP contribution in [0.25, 0.3) is 0 Å². The van der Waals surface area contributed by atoms with Gasteiger partial charge >= 0.3 is 0 Å². The molecule has 0 unspecified atom stereocenters. The van der Waals surface area contributed by atoms with Gasteiger partial charge in [-0.25, -0.2) is 8.78 Å². The number of alkyl halides is 2. The molecule has 1 aromatic rings. The summed E-state index contributed by atoms with van der Waals surface area (Å²) in [5, 5.41) is 8.70. The molecule has 3 nitrogen and oxygen atoms in total. The normalized spacial score (nSPS) is 10.8. The standard InChI is InChI=1S/C7H6BrF2NO2/c8-4-1-11-5(7(9)10)3(2-12)6(4)13/h1,7,12H,2H2,(H,11,13). The summed E-state index contributed by atoms with van der Waals surface area (Å²) in [6.07, 6.45) is -1.66. The molecule has 0 radical (unpaired) electrons. The number of nitrogens with one attached hydrogen (secondary N) is 1. The number of hydrogen-bond donors (Lipinski definition) is 2. The van der Waals surface area contributed by atoms with Gasteiger partial charge in [0.2, 0.25) is 5.43 Å². The Labute approximate surface area is 80.5 Å². The lowest BCUT2D eigenvalue weighted by Gasteiger charge is -2.05. The molecule has 0 aliphatic heterocycles. The maximum absolute atomic E-state index is 12.2. The van der Waals surface area contributed by atoms with Gasteiger partial charge in [0.05, 0.1) is 22.3 Å². The number of halogens is 3. The molecule has 0 saturated carbocycles. The molecule has 0 spiro atoms. The molecule has 0 aliphatic carbocycles. The summed E-state index contributed by atoms with van der Waals surface area (Å²) < 4.78 is 24.6. The molecule has 1 rings (SSSR count). The first-order chi connectivity index (χ1) is 6.07. The third kappa shape index (κ3) is 1.94. The lowest BCUT2D eigenvalue weighted by Crippen LogP contribution is -2.15. The number of H-pyrrole nitrogens is 1. The van der Waals surface area contributed by atoms with Gasteiger partial charge in [-0.15, -0.1) is 0 Å². The number of aliphatic hydroxyl groups is 1. The van der Waals surface area contributed by atoms with Gasteiger partial charge < -0.3 is 10.1 Å². The van der Waals surface area contributed by atoms with Crippen molar-refractivity contribution < 1.29 is 13.9 Å². The maximum atomic E-state index is 12.2. The van der Waals surface area contributed by atoms with Gasteiger partial charge in [0.15, 0.2) is 0 Å². The molecule has 1 aromatic heterocycles. The predicted octanol–water partition coefficient (Wildman–Crippen LogP) is 1.57. The number of hydrogen-bond acceptors (Lipinski definition) is 2. The zero-order valence-electron chi connectivity index (χ0n) is 6.35. The first-order valence-electron chi connectivity index (χ1n) is 3.37. The van der Waals surface area contributed by atoms with E-state index >= 15 is 0 Å². The highest BCUT2D eigenvalue weighted by Gasteiger charge is 2.16. The molecule has 6 heteroatoms. The Morgan fingerprint density at radius 3 is 2.69 bits per heavy atom. The second-order valence-corrected chi connectivity index (χ2v) is 3.17. The van der Waals surface area contributed by atoms with Gasteiger partial charge in [0.25, 0.3) is 6.43 Å². The molecule has 0 bridgehead atoms. The van der Waals surface area contributed by atoms with E-state index in [1.165, 1.54) is 0 Å². The highest BCUT2D eigenvalue weighted by atomic mass is 79.9. The molecular weight excluding hydrogens is 248 g/mol. The largest absolute Gasteiger partial charge is 0.391 e. The van der Waals surface area contributed by atoms with Gasteiger partial charge in [-0.2, -0.15) is 0 Å². The molecule has 72 valence electrons. The molecule has 0 aromatic carbocycles. The van der Waals surface area contributed by atoms with Gasteiger partial charge in [0.1, 0.15) is 0 Å². The molecule has 13 heavy (non-hydrogen) atoms. The lowest BCUT2D eigenvalue weighted by molar-refractivity contribution is 0.141. The Hall–Kier alpha value is -0.750. The van der Waals surface area contributed by atoms with Crippen LogP contribution in [0.4, 0.5) is 8.78 Å². The summed E-state index contributed by atoms with van der Waals surface area (Å²) in [6, 6.07) is 0. The van der Waals surface area contributed by atoms with Gasteiger partial charge in [-0.3, -0.25) is 4.79 Å². The summed E-state index contributed by atoms with van der Waals surface area (Å²) in [6.45, 7) is -0.700. The van der Waals surface area contributed by atoms with Crippen molar-refractivity contribution in [2.45, 2.75) is 13.0 Å².